The zero-order valence-corrected chi connectivity index (χ0v) is 22.3. The zero-order chi connectivity index (χ0) is 26.8. The zero-order valence-electron chi connectivity index (χ0n) is 21.5. The minimum absolute atomic E-state index is 0.0207. The van der Waals surface area contributed by atoms with Crippen molar-refractivity contribution < 1.29 is 28.6 Å². The fourth-order valence-electron chi connectivity index (χ4n) is 5.25. The van der Waals surface area contributed by atoms with Gasteiger partial charge in [-0.05, 0) is 62.1 Å². The predicted octanol–water partition coefficient (Wildman–Crippen LogP) is 6.19. The van der Waals surface area contributed by atoms with E-state index in [4.69, 9.17) is 25.8 Å². The molecule has 0 aromatic heterocycles. The molecule has 0 saturated heterocycles. The molecule has 0 spiro atoms. The summed E-state index contributed by atoms with van der Waals surface area (Å²) in [7, 11) is 0. The Morgan fingerprint density at radius 3 is 2.26 bits per heavy atom. The standard InChI is InChI=1S/C30H30ClNO6/c1-3-36-26-14-18(11-13-23(26)37-16-27(35)32-19-12-10-17(2)20(31)15-19)28-29-21(33)6-4-8-24(29)38-25-9-5-7-22(34)30(25)28/h10-15,28H,3-9,16H2,1-2H3,(H,32,35). The Bertz CT molecular complexity index is 1330. The summed E-state index contributed by atoms with van der Waals surface area (Å²) in [5, 5.41) is 3.34. The van der Waals surface area contributed by atoms with E-state index in [0.717, 1.165) is 24.0 Å². The van der Waals surface area contributed by atoms with Gasteiger partial charge in [0.2, 0.25) is 0 Å². The van der Waals surface area contributed by atoms with Gasteiger partial charge in [-0.25, -0.2) is 0 Å². The van der Waals surface area contributed by atoms with Crippen LogP contribution in [0.3, 0.4) is 0 Å². The van der Waals surface area contributed by atoms with Gasteiger partial charge >= 0.3 is 0 Å². The lowest BCUT2D eigenvalue weighted by Gasteiger charge is -2.36. The van der Waals surface area contributed by atoms with Gasteiger partial charge < -0.3 is 19.5 Å². The summed E-state index contributed by atoms with van der Waals surface area (Å²) < 4.78 is 17.8. The van der Waals surface area contributed by atoms with Crippen LogP contribution in [0.4, 0.5) is 5.69 Å². The van der Waals surface area contributed by atoms with Gasteiger partial charge in [-0.15, -0.1) is 0 Å². The number of amides is 1. The van der Waals surface area contributed by atoms with E-state index in [-0.39, 0.29) is 24.1 Å². The van der Waals surface area contributed by atoms with E-state index in [9.17, 15) is 14.4 Å². The average Bonchev–Trinajstić information content (AvgIpc) is 2.89. The lowest BCUT2D eigenvalue weighted by atomic mass is 9.73. The monoisotopic (exact) mass is 535 g/mol. The third-order valence-corrected chi connectivity index (χ3v) is 7.46. The molecule has 5 rings (SSSR count). The number of carbonyl (C=O) groups excluding carboxylic acids is 3. The first-order valence-corrected chi connectivity index (χ1v) is 13.4. The van der Waals surface area contributed by atoms with Gasteiger partial charge in [0.05, 0.1) is 6.61 Å². The SMILES string of the molecule is CCOc1cc(C2C3=C(CCCC3=O)OC3=C2C(=O)CCC3)ccc1OCC(=O)Nc1ccc(C)c(Cl)c1. The first kappa shape index (κ1) is 26.0. The Morgan fingerprint density at radius 1 is 0.947 bits per heavy atom. The minimum Gasteiger partial charge on any atom is -0.490 e. The van der Waals surface area contributed by atoms with Crippen LogP contribution < -0.4 is 14.8 Å². The van der Waals surface area contributed by atoms with E-state index in [2.05, 4.69) is 5.32 Å². The molecule has 0 atom stereocenters. The second-order valence-corrected chi connectivity index (χ2v) is 10.1. The second kappa shape index (κ2) is 11.0. The summed E-state index contributed by atoms with van der Waals surface area (Å²) in [4.78, 5) is 38.6. The number of allylic oxidation sites excluding steroid dienone is 4. The smallest absolute Gasteiger partial charge is 0.262 e. The van der Waals surface area contributed by atoms with Gasteiger partial charge in [0, 0.05) is 53.5 Å². The quantitative estimate of drug-likeness (QED) is 0.454. The molecule has 0 saturated carbocycles. The molecule has 1 amide bonds. The molecule has 1 aliphatic heterocycles. The molecule has 0 fully saturated rings. The number of Topliss-reactive ketones (excluding diaryl/α,β-unsaturated/α-hetero) is 2. The van der Waals surface area contributed by atoms with Crippen molar-refractivity contribution in [3.05, 3.63) is 75.2 Å². The predicted molar refractivity (Wildman–Crippen MR) is 144 cm³/mol. The minimum atomic E-state index is -0.489. The van der Waals surface area contributed by atoms with Crippen LogP contribution >= 0.6 is 11.6 Å². The number of aryl methyl sites for hydroxylation is 1. The van der Waals surface area contributed by atoms with Crippen molar-refractivity contribution in [1.82, 2.24) is 0 Å². The van der Waals surface area contributed by atoms with Crippen molar-refractivity contribution in [3.63, 3.8) is 0 Å². The summed E-state index contributed by atoms with van der Waals surface area (Å²) >= 11 is 6.15. The van der Waals surface area contributed by atoms with Gasteiger partial charge in [-0.3, -0.25) is 14.4 Å². The number of halogens is 1. The summed E-state index contributed by atoms with van der Waals surface area (Å²) in [6.45, 7) is 3.89. The number of anilines is 1. The number of carbonyl (C=O) groups is 3. The number of ether oxygens (including phenoxy) is 3. The highest BCUT2D eigenvalue weighted by molar-refractivity contribution is 6.31. The van der Waals surface area contributed by atoms with Gasteiger partial charge in [-0.2, -0.15) is 0 Å². The summed E-state index contributed by atoms with van der Waals surface area (Å²) in [5.41, 5.74) is 3.43. The van der Waals surface area contributed by atoms with Gasteiger partial charge in [0.1, 0.15) is 11.5 Å². The number of hydrogen-bond donors (Lipinski definition) is 1. The number of ketones is 2. The Labute approximate surface area is 226 Å². The van der Waals surface area contributed by atoms with E-state index in [1.54, 1.807) is 18.2 Å². The van der Waals surface area contributed by atoms with Crippen LogP contribution in [0.15, 0.2) is 59.1 Å². The molecule has 0 unspecified atom stereocenters. The van der Waals surface area contributed by atoms with E-state index >= 15 is 0 Å². The third-order valence-electron chi connectivity index (χ3n) is 7.06. The van der Waals surface area contributed by atoms with Crippen molar-refractivity contribution in [3.8, 4) is 11.5 Å². The number of benzene rings is 2. The second-order valence-electron chi connectivity index (χ2n) is 9.70. The molecule has 7 nitrogen and oxygen atoms in total. The van der Waals surface area contributed by atoms with E-state index in [1.807, 2.05) is 32.0 Å². The lowest BCUT2D eigenvalue weighted by Crippen LogP contribution is -2.30. The van der Waals surface area contributed by atoms with Crippen LogP contribution in [0.5, 0.6) is 11.5 Å². The van der Waals surface area contributed by atoms with Crippen LogP contribution in [-0.2, 0) is 19.1 Å². The Hall–Kier alpha value is -3.58. The average molecular weight is 536 g/mol. The Balaban J connectivity index is 1.41. The van der Waals surface area contributed by atoms with Gasteiger partial charge in [0.25, 0.3) is 5.91 Å². The largest absolute Gasteiger partial charge is 0.490 e. The molecule has 38 heavy (non-hydrogen) atoms. The Kier molecular flexibility index (Phi) is 7.56. The fourth-order valence-corrected chi connectivity index (χ4v) is 5.43. The summed E-state index contributed by atoms with van der Waals surface area (Å²) in [6, 6.07) is 10.7. The topological polar surface area (TPSA) is 90.9 Å². The molecular weight excluding hydrogens is 506 g/mol. The van der Waals surface area contributed by atoms with Crippen molar-refractivity contribution in [2.24, 2.45) is 0 Å². The highest BCUT2D eigenvalue weighted by atomic mass is 35.5. The maximum absolute atomic E-state index is 13.1. The fraction of sp³-hybridized carbons (Fsp3) is 0.367. The molecule has 1 heterocycles. The van der Waals surface area contributed by atoms with E-state index in [0.29, 0.717) is 77.2 Å². The molecule has 0 radical (unpaired) electrons. The van der Waals surface area contributed by atoms with Crippen molar-refractivity contribution in [2.45, 2.75) is 58.3 Å². The molecule has 3 aliphatic rings. The van der Waals surface area contributed by atoms with Crippen LogP contribution in [0, 0.1) is 6.92 Å². The van der Waals surface area contributed by atoms with Crippen LogP contribution in [-0.4, -0.2) is 30.7 Å². The van der Waals surface area contributed by atoms with Crippen LogP contribution in [0.2, 0.25) is 5.02 Å². The normalized spacial score (nSPS) is 17.6. The van der Waals surface area contributed by atoms with E-state index < -0.39 is 5.92 Å². The first-order chi connectivity index (χ1) is 18.4. The van der Waals surface area contributed by atoms with E-state index in [1.165, 1.54) is 0 Å². The van der Waals surface area contributed by atoms with Gasteiger partial charge in [0.15, 0.2) is 29.7 Å². The van der Waals surface area contributed by atoms with Crippen LogP contribution in [0.1, 0.15) is 62.5 Å². The molecule has 1 N–H and O–H groups in total. The van der Waals surface area contributed by atoms with Crippen molar-refractivity contribution >= 4 is 34.8 Å². The van der Waals surface area contributed by atoms with Crippen molar-refractivity contribution in [2.75, 3.05) is 18.5 Å². The molecule has 8 heteroatoms. The number of nitrogens with one attached hydrogen (secondary N) is 1. The number of hydrogen-bond acceptors (Lipinski definition) is 6. The van der Waals surface area contributed by atoms with Crippen molar-refractivity contribution in [1.29, 1.82) is 0 Å². The molecular formula is C30H30ClNO6. The maximum Gasteiger partial charge on any atom is 0.262 e. The molecule has 198 valence electrons. The van der Waals surface area contributed by atoms with Gasteiger partial charge in [-0.1, -0.05) is 23.7 Å². The summed E-state index contributed by atoms with van der Waals surface area (Å²) in [6.07, 6.45) is 3.74. The molecule has 2 aromatic rings. The maximum atomic E-state index is 13.1. The first-order valence-electron chi connectivity index (χ1n) is 13.0. The van der Waals surface area contributed by atoms with Crippen LogP contribution in [0.25, 0.3) is 0 Å². The third kappa shape index (κ3) is 5.20. The highest BCUT2D eigenvalue weighted by Gasteiger charge is 2.42. The summed E-state index contributed by atoms with van der Waals surface area (Å²) in [5.74, 6) is 1.42. The molecule has 2 aromatic carbocycles. The number of rotatable bonds is 7. The lowest BCUT2D eigenvalue weighted by molar-refractivity contribution is -0.119. The highest BCUT2D eigenvalue weighted by Crippen LogP contribution is 2.48. The molecule has 2 aliphatic carbocycles. The Morgan fingerprint density at radius 2 is 1.63 bits per heavy atom. The molecule has 0 bridgehead atoms.